The molecule has 3 heteroatoms. The summed E-state index contributed by atoms with van der Waals surface area (Å²) >= 11 is 0. The lowest BCUT2D eigenvalue weighted by molar-refractivity contribution is -0.908. The molecule has 1 aliphatic rings. The SMILES string of the molecule is c1ccc2cc(OCCCC[NH+]3CCOCC3)ccc2c1. The van der Waals surface area contributed by atoms with Gasteiger partial charge in [0.05, 0.1) is 26.4 Å². The summed E-state index contributed by atoms with van der Waals surface area (Å²) in [4.78, 5) is 1.67. The maximum Gasteiger partial charge on any atom is 0.119 e. The maximum atomic E-state index is 5.87. The van der Waals surface area contributed by atoms with Crippen molar-refractivity contribution in [2.45, 2.75) is 12.8 Å². The Bertz CT molecular complexity index is 564. The van der Waals surface area contributed by atoms with Crippen molar-refractivity contribution in [2.75, 3.05) is 39.5 Å². The molecule has 0 aromatic heterocycles. The van der Waals surface area contributed by atoms with E-state index < -0.39 is 0 Å². The minimum atomic E-state index is 0.808. The summed E-state index contributed by atoms with van der Waals surface area (Å²) in [6, 6.07) is 14.7. The summed E-state index contributed by atoms with van der Waals surface area (Å²) < 4.78 is 11.2. The van der Waals surface area contributed by atoms with Gasteiger partial charge in [0.2, 0.25) is 0 Å². The van der Waals surface area contributed by atoms with E-state index in [9.17, 15) is 0 Å². The number of benzene rings is 2. The summed E-state index contributed by atoms with van der Waals surface area (Å²) in [5.41, 5.74) is 0. The highest BCUT2D eigenvalue weighted by molar-refractivity contribution is 5.83. The number of rotatable bonds is 6. The Balaban J connectivity index is 1.39. The smallest absolute Gasteiger partial charge is 0.119 e. The molecule has 0 radical (unpaired) electrons. The molecular weight excluding hydrogens is 262 g/mol. The van der Waals surface area contributed by atoms with E-state index in [0.29, 0.717) is 0 Å². The van der Waals surface area contributed by atoms with Gasteiger partial charge in [-0.3, -0.25) is 0 Å². The predicted octanol–water partition coefficient (Wildman–Crippen LogP) is 1.91. The number of hydrogen-bond donors (Lipinski definition) is 1. The van der Waals surface area contributed by atoms with Crippen LogP contribution in [0.1, 0.15) is 12.8 Å². The number of nitrogens with one attached hydrogen (secondary N) is 1. The second kappa shape index (κ2) is 7.43. The molecule has 3 rings (SSSR count). The third-order valence-electron chi connectivity index (χ3n) is 4.11. The monoisotopic (exact) mass is 286 g/mol. The minimum Gasteiger partial charge on any atom is -0.494 e. The molecule has 1 fully saturated rings. The van der Waals surface area contributed by atoms with Crippen LogP contribution in [0.25, 0.3) is 10.8 Å². The predicted molar refractivity (Wildman–Crippen MR) is 85.1 cm³/mol. The Kier molecular flexibility index (Phi) is 5.08. The molecular formula is C18H24NO2+. The molecule has 0 unspecified atom stereocenters. The van der Waals surface area contributed by atoms with E-state index in [1.165, 1.54) is 23.7 Å². The summed E-state index contributed by atoms with van der Waals surface area (Å²) in [6.45, 7) is 6.20. The third kappa shape index (κ3) is 4.19. The van der Waals surface area contributed by atoms with Crippen molar-refractivity contribution in [2.24, 2.45) is 0 Å². The molecule has 1 N–H and O–H groups in total. The van der Waals surface area contributed by atoms with E-state index in [0.717, 1.165) is 45.1 Å². The van der Waals surface area contributed by atoms with Gasteiger partial charge in [-0.05, 0) is 35.7 Å². The molecule has 0 amide bonds. The summed E-state index contributed by atoms with van der Waals surface area (Å²) in [5.74, 6) is 0.979. The van der Waals surface area contributed by atoms with Crippen LogP contribution in [0.2, 0.25) is 0 Å². The van der Waals surface area contributed by atoms with Crippen LogP contribution in [-0.4, -0.2) is 39.5 Å². The number of unbranched alkanes of at least 4 members (excludes halogenated alkanes) is 1. The van der Waals surface area contributed by atoms with Gasteiger partial charge in [-0.1, -0.05) is 30.3 Å². The molecule has 2 aromatic carbocycles. The van der Waals surface area contributed by atoms with Crippen molar-refractivity contribution >= 4 is 10.8 Å². The maximum absolute atomic E-state index is 5.87. The topological polar surface area (TPSA) is 22.9 Å². The Morgan fingerprint density at radius 1 is 0.952 bits per heavy atom. The number of fused-ring (bicyclic) bond motifs is 1. The van der Waals surface area contributed by atoms with Gasteiger partial charge < -0.3 is 14.4 Å². The van der Waals surface area contributed by atoms with Gasteiger partial charge in [-0.15, -0.1) is 0 Å². The van der Waals surface area contributed by atoms with Crippen LogP contribution >= 0.6 is 0 Å². The highest BCUT2D eigenvalue weighted by Gasteiger charge is 2.12. The fraction of sp³-hybridized carbons (Fsp3) is 0.444. The molecule has 2 aromatic rings. The average molecular weight is 286 g/mol. The van der Waals surface area contributed by atoms with Crippen molar-refractivity contribution in [3.8, 4) is 5.75 Å². The van der Waals surface area contributed by atoms with Crippen LogP contribution in [0.3, 0.4) is 0 Å². The zero-order chi connectivity index (χ0) is 14.3. The quantitative estimate of drug-likeness (QED) is 0.820. The molecule has 1 saturated heterocycles. The van der Waals surface area contributed by atoms with Gasteiger partial charge in [0.25, 0.3) is 0 Å². The van der Waals surface area contributed by atoms with Crippen molar-refractivity contribution in [3.63, 3.8) is 0 Å². The second-order valence-corrected chi connectivity index (χ2v) is 5.68. The van der Waals surface area contributed by atoms with Gasteiger partial charge in [-0.2, -0.15) is 0 Å². The van der Waals surface area contributed by atoms with E-state index in [2.05, 4.69) is 42.5 Å². The van der Waals surface area contributed by atoms with Crippen LogP contribution in [-0.2, 0) is 4.74 Å². The van der Waals surface area contributed by atoms with Gasteiger partial charge in [0, 0.05) is 0 Å². The Labute approximate surface area is 126 Å². The van der Waals surface area contributed by atoms with Crippen LogP contribution < -0.4 is 9.64 Å². The molecule has 0 bridgehead atoms. The van der Waals surface area contributed by atoms with Gasteiger partial charge in [0.1, 0.15) is 18.8 Å². The van der Waals surface area contributed by atoms with Gasteiger partial charge in [-0.25, -0.2) is 0 Å². The lowest BCUT2D eigenvalue weighted by atomic mass is 10.1. The molecule has 21 heavy (non-hydrogen) atoms. The fourth-order valence-electron chi connectivity index (χ4n) is 2.83. The fourth-order valence-corrected chi connectivity index (χ4v) is 2.83. The van der Waals surface area contributed by atoms with Crippen molar-refractivity contribution in [1.29, 1.82) is 0 Å². The third-order valence-corrected chi connectivity index (χ3v) is 4.11. The van der Waals surface area contributed by atoms with Crippen molar-refractivity contribution < 1.29 is 14.4 Å². The summed E-state index contributed by atoms with van der Waals surface area (Å²) in [6.07, 6.45) is 2.35. The first-order valence-corrected chi connectivity index (χ1v) is 7.95. The Hall–Kier alpha value is -1.58. The zero-order valence-electron chi connectivity index (χ0n) is 12.5. The zero-order valence-corrected chi connectivity index (χ0v) is 12.5. The van der Waals surface area contributed by atoms with Crippen LogP contribution in [0, 0.1) is 0 Å². The highest BCUT2D eigenvalue weighted by Crippen LogP contribution is 2.20. The van der Waals surface area contributed by atoms with Crippen LogP contribution in [0.4, 0.5) is 0 Å². The number of morpholine rings is 1. The van der Waals surface area contributed by atoms with E-state index in [1.54, 1.807) is 4.90 Å². The van der Waals surface area contributed by atoms with E-state index in [-0.39, 0.29) is 0 Å². The largest absolute Gasteiger partial charge is 0.494 e. The highest BCUT2D eigenvalue weighted by atomic mass is 16.5. The van der Waals surface area contributed by atoms with Gasteiger partial charge in [0.15, 0.2) is 0 Å². The Morgan fingerprint density at radius 3 is 2.62 bits per heavy atom. The van der Waals surface area contributed by atoms with Crippen molar-refractivity contribution in [3.05, 3.63) is 42.5 Å². The first kappa shape index (κ1) is 14.4. The molecule has 0 saturated carbocycles. The van der Waals surface area contributed by atoms with Crippen LogP contribution in [0.15, 0.2) is 42.5 Å². The number of ether oxygens (including phenoxy) is 2. The first-order valence-electron chi connectivity index (χ1n) is 7.95. The normalized spacial score (nSPS) is 16.2. The first-order chi connectivity index (χ1) is 10.4. The standard InChI is InChI=1S/C18H23NO2/c1-2-6-17-15-18(8-7-16(17)5-1)21-12-4-3-9-19-10-13-20-14-11-19/h1-2,5-8,15H,3-4,9-14H2/p+1. The lowest BCUT2D eigenvalue weighted by Gasteiger charge is -2.23. The van der Waals surface area contributed by atoms with E-state index in [1.807, 2.05) is 0 Å². The van der Waals surface area contributed by atoms with E-state index in [4.69, 9.17) is 9.47 Å². The van der Waals surface area contributed by atoms with Gasteiger partial charge >= 0.3 is 0 Å². The lowest BCUT2D eigenvalue weighted by Crippen LogP contribution is -3.14. The average Bonchev–Trinajstić information content (AvgIpc) is 2.55. The van der Waals surface area contributed by atoms with E-state index >= 15 is 0 Å². The number of hydrogen-bond acceptors (Lipinski definition) is 2. The molecule has 1 aliphatic heterocycles. The minimum absolute atomic E-state index is 0.808. The molecule has 1 heterocycles. The molecule has 3 nitrogen and oxygen atoms in total. The van der Waals surface area contributed by atoms with Crippen molar-refractivity contribution in [1.82, 2.24) is 0 Å². The molecule has 0 aliphatic carbocycles. The second-order valence-electron chi connectivity index (χ2n) is 5.68. The summed E-state index contributed by atoms with van der Waals surface area (Å²) in [7, 11) is 0. The number of quaternary nitrogens is 1. The van der Waals surface area contributed by atoms with Crippen LogP contribution in [0.5, 0.6) is 5.75 Å². The molecule has 0 atom stereocenters. The summed E-state index contributed by atoms with van der Waals surface area (Å²) in [5, 5.41) is 2.51. The molecule has 112 valence electrons. The molecule has 0 spiro atoms. The Morgan fingerprint density at radius 2 is 1.76 bits per heavy atom.